The van der Waals surface area contributed by atoms with Crippen molar-refractivity contribution in [2.24, 2.45) is 0 Å². The summed E-state index contributed by atoms with van der Waals surface area (Å²) in [5.74, 6) is 2.34. The molecule has 0 saturated carbocycles. The van der Waals surface area contributed by atoms with Gasteiger partial charge in [0.15, 0.2) is 6.61 Å². The van der Waals surface area contributed by atoms with Crippen molar-refractivity contribution in [3.63, 3.8) is 0 Å². The number of aryl methyl sites for hydroxylation is 1. The molecule has 0 aliphatic carbocycles. The first kappa shape index (κ1) is 20.1. The van der Waals surface area contributed by atoms with Crippen LogP contribution in [0.15, 0.2) is 46.0 Å². The van der Waals surface area contributed by atoms with Gasteiger partial charge in [0.05, 0.1) is 10.0 Å². The van der Waals surface area contributed by atoms with E-state index in [1.807, 2.05) is 25.1 Å². The van der Waals surface area contributed by atoms with Crippen LogP contribution in [0, 0.1) is 6.92 Å². The molecule has 0 saturated heterocycles. The number of ether oxygens (including phenoxy) is 1. The Morgan fingerprint density at radius 2 is 1.89 bits per heavy atom. The Labute approximate surface area is 173 Å². The van der Waals surface area contributed by atoms with Crippen LogP contribution < -0.4 is 4.74 Å². The summed E-state index contributed by atoms with van der Waals surface area (Å²) in [4.78, 5) is 0. The highest BCUT2D eigenvalue weighted by atomic mass is 35.5. The summed E-state index contributed by atoms with van der Waals surface area (Å²) in [6, 6.07) is 11.8. The van der Waals surface area contributed by atoms with Crippen LogP contribution in [-0.4, -0.2) is 10.2 Å². The summed E-state index contributed by atoms with van der Waals surface area (Å²) >= 11 is 13.4. The highest BCUT2D eigenvalue weighted by molar-refractivity contribution is 7.98. The molecule has 142 valence electrons. The quantitative estimate of drug-likeness (QED) is 0.397. The second-order valence-electron chi connectivity index (χ2n) is 6.48. The van der Waals surface area contributed by atoms with Crippen LogP contribution in [0.1, 0.15) is 42.3 Å². The standard InChI is InChI=1S/C20H20Cl2N2O2S/c1-12(2)15-6-4-13(3)8-18(15)25-10-19-23-24-20(26-19)27-11-14-5-7-16(21)17(22)9-14/h4-9,12H,10-11H2,1-3H3. The molecule has 0 atom stereocenters. The van der Waals surface area contributed by atoms with Crippen molar-refractivity contribution >= 4 is 35.0 Å². The number of benzene rings is 2. The van der Waals surface area contributed by atoms with E-state index >= 15 is 0 Å². The maximum atomic E-state index is 6.04. The fourth-order valence-corrected chi connectivity index (χ4v) is 3.56. The summed E-state index contributed by atoms with van der Waals surface area (Å²) in [6.45, 7) is 6.56. The predicted molar refractivity (Wildman–Crippen MR) is 110 cm³/mol. The van der Waals surface area contributed by atoms with Gasteiger partial charge in [-0.25, -0.2) is 0 Å². The van der Waals surface area contributed by atoms with Crippen LogP contribution in [0.4, 0.5) is 0 Å². The SMILES string of the molecule is Cc1ccc(C(C)C)c(OCc2nnc(SCc3ccc(Cl)c(Cl)c3)o2)c1. The Bertz CT molecular complexity index is 928. The molecule has 3 rings (SSSR count). The predicted octanol–water partition coefficient (Wildman–Crippen LogP) is 6.68. The van der Waals surface area contributed by atoms with E-state index in [-0.39, 0.29) is 6.61 Å². The monoisotopic (exact) mass is 422 g/mol. The molecule has 4 nitrogen and oxygen atoms in total. The van der Waals surface area contributed by atoms with E-state index in [9.17, 15) is 0 Å². The molecule has 0 radical (unpaired) electrons. The van der Waals surface area contributed by atoms with E-state index in [1.54, 1.807) is 6.07 Å². The number of hydrogen-bond acceptors (Lipinski definition) is 5. The summed E-state index contributed by atoms with van der Waals surface area (Å²) in [6.07, 6.45) is 0. The van der Waals surface area contributed by atoms with Gasteiger partial charge in [-0.2, -0.15) is 0 Å². The number of hydrogen-bond donors (Lipinski definition) is 0. The van der Waals surface area contributed by atoms with Crippen LogP contribution in [0.5, 0.6) is 5.75 Å². The van der Waals surface area contributed by atoms with Crippen molar-refractivity contribution in [1.29, 1.82) is 0 Å². The Kier molecular flexibility index (Phi) is 6.68. The summed E-state index contributed by atoms with van der Waals surface area (Å²) in [7, 11) is 0. The molecule has 2 aromatic carbocycles. The van der Waals surface area contributed by atoms with E-state index < -0.39 is 0 Å². The first-order valence-electron chi connectivity index (χ1n) is 8.55. The molecule has 27 heavy (non-hydrogen) atoms. The second-order valence-corrected chi connectivity index (χ2v) is 8.22. The number of nitrogens with zero attached hydrogens (tertiary/aromatic N) is 2. The Balaban J connectivity index is 1.60. The Morgan fingerprint density at radius 3 is 2.63 bits per heavy atom. The largest absolute Gasteiger partial charge is 0.484 e. The van der Waals surface area contributed by atoms with Gasteiger partial charge in [0.25, 0.3) is 11.1 Å². The van der Waals surface area contributed by atoms with E-state index in [2.05, 4.69) is 36.2 Å². The molecule has 0 spiro atoms. The van der Waals surface area contributed by atoms with Crippen molar-refractivity contribution in [3.8, 4) is 5.75 Å². The van der Waals surface area contributed by atoms with Crippen LogP contribution in [0.2, 0.25) is 10.0 Å². The van der Waals surface area contributed by atoms with Gasteiger partial charge < -0.3 is 9.15 Å². The minimum absolute atomic E-state index is 0.240. The summed E-state index contributed by atoms with van der Waals surface area (Å²) < 4.78 is 11.6. The molecule has 1 heterocycles. The number of rotatable bonds is 7. The van der Waals surface area contributed by atoms with Gasteiger partial charge in [0.1, 0.15) is 5.75 Å². The molecule has 0 fully saturated rings. The summed E-state index contributed by atoms with van der Waals surface area (Å²) in [5, 5.41) is 9.70. The first-order chi connectivity index (χ1) is 12.9. The van der Waals surface area contributed by atoms with Gasteiger partial charge in [-0.3, -0.25) is 0 Å². The zero-order chi connectivity index (χ0) is 19.4. The normalized spacial score (nSPS) is 11.2. The molecular formula is C20H20Cl2N2O2S. The minimum atomic E-state index is 0.240. The van der Waals surface area contributed by atoms with Crippen molar-refractivity contribution < 1.29 is 9.15 Å². The summed E-state index contributed by atoms with van der Waals surface area (Å²) in [5.41, 5.74) is 3.35. The lowest BCUT2D eigenvalue weighted by atomic mass is 10.0. The zero-order valence-corrected chi connectivity index (χ0v) is 17.7. The lowest BCUT2D eigenvalue weighted by Gasteiger charge is -2.13. The smallest absolute Gasteiger partial charge is 0.277 e. The fraction of sp³-hybridized carbons (Fsp3) is 0.300. The van der Waals surface area contributed by atoms with Gasteiger partial charge in [0, 0.05) is 5.75 Å². The van der Waals surface area contributed by atoms with Gasteiger partial charge in [-0.05, 0) is 47.7 Å². The Hall–Kier alpha value is -1.69. The maximum Gasteiger partial charge on any atom is 0.277 e. The van der Waals surface area contributed by atoms with Gasteiger partial charge in [-0.15, -0.1) is 10.2 Å². The zero-order valence-electron chi connectivity index (χ0n) is 15.3. The van der Waals surface area contributed by atoms with E-state index in [4.69, 9.17) is 32.4 Å². The third-order valence-corrected chi connectivity index (χ3v) is 5.57. The molecule has 0 bridgehead atoms. The van der Waals surface area contributed by atoms with E-state index in [1.165, 1.54) is 11.8 Å². The molecule has 1 aromatic heterocycles. The van der Waals surface area contributed by atoms with Crippen LogP contribution >= 0.6 is 35.0 Å². The minimum Gasteiger partial charge on any atom is -0.484 e. The van der Waals surface area contributed by atoms with Gasteiger partial charge in [-0.1, -0.05) is 67.0 Å². The average Bonchev–Trinajstić information content (AvgIpc) is 3.08. The molecular weight excluding hydrogens is 403 g/mol. The molecule has 0 unspecified atom stereocenters. The molecule has 0 aliphatic rings. The lowest BCUT2D eigenvalue weighted by molar-refractivity contribution is 0.249. The van der Waals surface area contributed by atoms with Gasteiger partial charge >= 0.3 is 0 Å². The second kappa shape index (κ2) is 9.00. The van der Waals surface area contributed by atoms with Crippen molar-refractivity contribution in [2.75, 3.05) is 0 Å². The van der Waals surface area contributed by atoms with Crippen LogP contribution in [-0.2, 0) is 12.4 Å². The van der Waals surface area contributed by atoms with E-state index in [0.29, 0.717) is 32.8 Å². The van der Waals surface area contributed by atoms with Crippen LogP contribution in [0.25, 0.3) is 0 Å². The highest BCUT2D eigenvalue weighted by Gasteiger charge is 2.12. The van der Waals surface area contributed by atoms with Crippen molar-refractivity contribution in [2.45, 2.75) is 44.3 Å². The molecule has 0 N–H and O–H groups in total. The lowest BCUT2D eigenvalue weighted by Crippen LogP contribution is -2.00. The van der Waals surface area contributed by atoms with Crippen LogP contribution in [0.3, 0.4) is 0 Å². The number of thioether (sulfide) groups is 1. The molecule has 0 aliphatic heterocycles. The van der Waals surface area contributed by atoms with Gasteiger partial charge in [0.2, 0.25) is 0 Å². The molecule has 3 aromatic rings. The van der Waals surface area contributed by atoms with E-state index in [0.717, 1.165) is 22.4 Å². The number of aromatic nitrogens is 2. The molecule has 0 amide bonds. The molecule has 7 heteroatoms. The third kappa shape index (κ3) is 5.41. The fourth-order valence-electron chi connectivity index (χ4n) is 2.51. The average molecular weight is 423 g/mol. The highest BCUT2D eigenvalue weighted by Crippen LogP contribution is 2.29. The number of halogens is 2. The Morgan fingerprint density at radius 1 is 1.07 bits per heavy atom. The maximum absolute atomic E-state index is 6.04. The topological polar surface area (TPSA) is 48.2 Å². The first-order valence-corrected chi connectivity index (χ1v) is 10.3. The van der Waals surface area contributed by atoms with Crippen molar-refractivity contribution in [1.82, 2.24) is 10.2 Å². The third-order valence-electron chi connectivity index (χ3n) is 3.94. The van der Waals surface area contributed by atoms with Crippen molar-refractivity contribution in [3.05, 3.63) is 69.0 Å².